The molecule has 8 nitrogen and oxygen atoms in total. The number of nitrogens with zero attached hydrogens (tertiary/aromatic N) is 2. The van der Waals surface area contributed by atoms with Gasteiger partial charge in [-0.15, -0.1) is 12.1 Å². The van der Waals surface area contributed by atoms with Crippen LogP contribution >= 0.6 is 0 Å². The van der Waals surface area contributed by atoms with E-state index in [0.29, 0.717) is 17.7 Å². The van der Waals surface area contributed by atoms with Gasteiger partial charge in [0, 0.05) is 42.0 Å². The first-order valence-electron chi connectivity index (χ1n) is 10.6. The predicted molar refractivity (Wildman–Crippen MR) is 130 cm³/mol. The van der Waals surface area contributed by atoms with Crippen molar-refractivity contribution in [3.63, 3.8) is 0 Å². The minimum atomic E-state index is -0.209. The molecule has 0 saturated carbocycles. The molecular formula is C24H33N8Na. The van der Waals surface area contributed by atoms with Crippen molar-refractivity contribution < 1.29 is 29.6 Å². The number of hydrogen-bond acceptors (Lipinski definition) is 8. The summed E-state index contributed by atoms with van der Waals surface area (Å²) in [7, 11) is 0. The molecule has 3 rings (SSSR count). The smallest absolute Gasteiger partial charge is 0.449 e. The van der Waals surface area contributed by atoms with E-state index in [4.69, 9.17) is 23.0 Å². The van der Waals surface area contributed by atoms with Gasteiger partial charge >= 0.3 is 29.6 Å². The molecule has 33 heavy (non-hydrogen) atoms. The molecule has 0 radical (unpaired) electrons. The molecule has 2 atom stereocenters. The van der Waals surface area contributed by atoms with Gasteiger partial charge in [0.15, 0.2) is 0 Å². The second kappa shape index (κ2) is 12.6. The summed E-state index contributed by atoms with van der Waals surface area (Å²) < 4.78 is 0. The first kappa shape index (κ1) is 26.6. The molecule has 10 N–H and O–H groups in total. The molecule has 2 aromatic rings. The number of benzene rings is 1. The largest absolute Gasteiger partial charge is 1.00 e. The molecule has 2 unspecified atom stereocenters. The van der Waals surface area contributed by atoms with Gasteiger partial charge in [-0.05, 0) is 18.4 Å². The average molecular weight is 457 g/mol. The van der Waals surface area contributed by atoms with Crippen molar-refractivity contribution >= 4 is 5.69 Å². The number of hydrogen-bond donors (Lipinski definition) is 6. The summed E-state index contributed by atoms with van der Waals surface area (Å²) in [6.45, 7) is 11.0. The molecule has 1 fully saturated rings. The third-order valence-corrected chi connectivity index (χ3v) is 5.77. The minimum absolute atomic E-state index is 0. The Morgan fingerprint density at radius 3 is 2.64 bits per heavy atom. The van der Waals surface area contributed by atoms with Crippen LogP contribution in [0.2, 0.25) is 0 Å². The van der Waals surface area contributed by atoms with Crippen molar-refractivity contribution in [2.24, 2.45) is 17.3 Å². The summed E-state index contributed by atoms with van der Waals surface area (Å²) in [6, 6.07) is 11.8. The zero-order valence-electron chi connectivity index (χ0n) is 19.3. The van der Waals surface area contributed by atoms with Crippen LogP contribution in [0.4, 0.5) is 5.69 Å². The fourth-order valence-corrected chi connectivity index (χ4v) is 4.04. The minimum Gasteiger partial charge on any atom is -0.449 e. The first-order chi connectivity index (χ1) is 15.5. The average Bonchev–Trinajstić information content (AvgIpc) is 3.31. The van der Waals surface area contributed by atoms with Crippen LogP contribution in [0.1, 0.15) is 42.1 Å². The standard InChI is InChI=1S/C24H33N8.Na/c1-16(11-20(14-26)31-28)32-10-6-9-23(32)17(2)30-24(18-7-4-3-5-8-18)22-12-21(27)19(13-25)15-29-22;/h3-5,7-8,12-15,23-24,30-31H,1-2,6,9-11,25-26,28H2,(H2,27,29);/q-1;+1/b20-14-;. The van der Waals surface area contributed by atoms with Crippen LogP contribution in [-0.4, -0.2) is 22.5 Å². The van der Waals surface area contributed by atoms with E-state index in [0.717, 1.165) is 47.7 Å². The zero-order chi connectivity index (χ0) is 23.1. The van der Waals surface area contributed by atoms with Gasteiger partial charge in [-0.25, -0.2) is 0 Å². The molecule has 0 bridgehead atoms. The number of pyridine rings is 1. The Bertz CT molecular complexity index is 976. The number of nitrogens with two attached hydrogens (primary N) is 4. The van der Waals surface area contributed by atoms with E-state index in [1.54, 1.807) is 6.20 Å². The van der Waals surface area contributed by atoms with Gasteiger partial charge < -0.3 is 37.8 Å². The SMILES string of the molecule is C=C(NC(c1ccccc1)c1cc(N)c([CH-]N)cn1)C1CCCN1C(=C)C/C(=C/N)NN.[Na+]. The maximum Gasteiger partial charge on any atom is 1.00 e. The van der Waals surface area contributed by atoms with E-state index in [-0.39, 0.29) is 41.6 Å². The van der Waals surface area contributed by atoms with Crippen LogP contribution in [0.3, 0.4) is 0 Å². The Labute approximate surface area is 218 Å². The number of hydrazine groups is 1. The summed E-state index contributed by atoms with van der Waals surface area (Å²) in [4.78, 5) is 6.87. The van der Waals surface area contributed by atoms with Crippen LogP contribution in [0.15, 0.2) is 79.0 Å². The van der Waals surface area contributed by atoms with Crippen LogP contribution in [0.5, 0.6) is 0 Å². The summed E-state index contributed by atoms with van der Waals surface area (Å²) in [5.41, 5.74) is 25.8. The molecule has 1 saturated heterocycles. The molecule has 2 heterocycles. The Morgan fingerprint density at radius 1 is 1.30 bits per heavy atom. The number of rotatable bonds is 10. The van der Waals surface area contributed by atoms with Crippen molar-refractivity contribution in [1.82, 2.24) is 20.6 Å². The van der Waals surface area contributed by atoms with Crippen molar-refractivity contribution in [3.05, 3.63) is 102 Å². The summed E-state index contributed by atoms with van der Waals surface area (Å²) in [6.07, 6.45) is 5.72. The maximum atomic E-state index is 6.18. The predicted octanol–water partition coefficient (Wildman–Crippen LogP) is -1.04. The van der Waals surface area contributed by atoms with E-state index < -0.39 is 0 Å². The quantitative estimate of drug-likeness (QED) is 0.115. The number of anilines is 1. The monoisotopic (exact) mass is 456 g/mol. The van der Waals surface area contributed by atoms with Gasteiger partial charge in [-0.3, -0.25) is 5.84 Å². The Morgan fingerprint density at radius 2 is 2.03 bits per heavy atom. The number of nitrogens with one attached hydrogen (secondary N) is 2. The van der Waals surface area contributed by atoms with Gasteiger partial charge in [-0.1, -0.05) is 61.4 Å². The van der Waals surface area contributed by atoms with Gasteiger partial charge in [0.2, 0.25) is 0 Å². The second-order valence-corrected chi connectivity index (χ2v) is 7.85. The molecule has 1 aliphatic rings. The summed E-state index contributed by atoms with van der Waals surface area (Å²) in [5.74, 6) is 5.54. The van der Waals surface area contributed by atoms with Gasteiger partial charge in [-0.2, -0.15) is 0 Å². The van der Waals surface area contributed by atoms with E-state index in [1.807, 2.05) is 24.3 Å². The molecule has 0 amide bonds. The second-order valence-electron chi connectivity index (χ2n) is 7.85. The fraction of sp³-hybridized carbons (Fsp3) is 0.250. The van der Waals surface area contributed by atoms with Crippen molar-refractivity contribution in [3.8, 4) is 0 Å². The molecule has 1 aliphatic heterocycles. The van der Waals surface area contributed by atoms with Gasteiger partial charge in [0.1, 0.15) is 0 Å². The number of likely N-dealkylation sites (tertiary alicyclic amines) is 1. The molecule has 1 aromatic carbocycles. The van der Waals surface area contributed by atoms with Crippen LogP contribution in [0, 0.1) is 6.54 Å². The summed E-state index contributed by atoms with van der Waals surface area (Å²) in [5, 5.41) is 3.61. The fourth-order valence-electron chi connectivity index (χ4n) is 4.04. The van der Waals surface area contributed by atoms with Gasteiger partial charge in [0.25, 0.3) is 0 Å². The molecule has 170 valence electrons. The molecular weight excluding hydrogens is 423 g/mol. The van der Waals surface area contributed by atoms with E-state index in [9.17, 15) is 0 Å². The summed E-state index contributed by atoms with van der Waals surface area (Å²) >= 11 is 0. The van der Waals surface area contributed by atoms with E-state index in [2.05, 4.69) is 45.9 Å². The van der Waals surface area contributed by atoms with Crippen LogP contribution in [0.25, 0.3) is 0 Å². The Hall–Kier alpha value is -2.62. The van der Waals surface area contributed by atoms with Crippen LogP contribution < -0.4 is 63.3 Å². The van der Waals surface area contributed by atoms with Crippen LogP contribution in [-0.2, 0) is 0 Å². The van der Waals surface area contributed by atoms with Crippen molar-refractivity contribution in [2.45, 2.75) is 31.3 Å². The Balaban J connectivity index is 0.00000385. The first-order valence-corrected chi connectivity index (χ1v) is 10.6. The normalized spacial score (nSPS) is 16.5. The number of aromatic nitrogens is 1. The van der Waals surface area contributed by atoms with E-state index in [1.165, 1.54) is 12.7 Å². The van der Waals surface area contributed by atoms with E-state index >= 15 is 0 Å². The number of nitrogen functional groups attached to an aromatic ring is 1. The maximum absolute atomic E-state index is 6.18. The zero-order valence-corrected chi connectivity index (χ0v) is 21.3. The Kier molecular flexibility index (Phi) is 10.1. The van der Waals surface area contributed by atoms with Crippen molar-refractivity contribution in [2.75, 3.05) is 12.3 Å². The molecule has 0 aliphatic carbocycles. The third-order valence-electron chi connectivity index (χ3n) is 5.77. The van der Waals surface area contributed by atoms with Gasteiger partial charge in [0.05, 0.1) is 12.1 Å². The van der Waals surface area contributed by atoms with Crippen molar-refractivity contribution in [1.29, 1.82) is 0 Å². The molecule has 9 heteroatoms. The molecule has 0 spiro atoms. The third kappa shape index (κ3) is 6.46. The molecule has 1 aromatic heterocycles. The topological polar surface area (TPSA) is 144 Å².